The molecule has 16 heavy (non-hydrogen) atoms. The molecule has 3 nitrogen and oxygen atoms in total. The number of anilines is 1. The summed E-state index contributed by atoms with van der Waals surface area (Å²) in [5.41, 5.74) is 4.17. The van der Waals surface area contributed by atoms with Gasteiger partial charge in [-0.05, 0) is 44.0 Å². The van der Waals surface area contributed by atoms with Crippen molar-refractivity contribution in [3.8, 4) is 0 Å². The van der Waals surface area contributed by atoms with Crippen LogP contribution in [0.15, 0.2) is 29.8 Å². The third-order valence-corrected chi connectivity index (χ3v) is 2.98. The fourth-order valence-corrected chi connectivity index (χ4v) is 1.86. The predicted molar refractivity (Wildman–Crippen MR) is 68.9 cm³/mol. The fourth-order valence-electron chi connectivity index (χ4n) is 1.29. The van der Waals surface area contributed by atoms with Crippen molar-refractivity contribution in [2.24, 2.45) is 0 Å². The summed E-state index contributed by atoms with van der Waals surface area (Å²) in [6.45, 7) is 6.16. The largest absolute Gasteiger partial charge is 0.284 e. The lowest BCUT2D eigenvalue weighted by molar-refractivity contribution is 0.607. The Hall–Kier alpha value is -1.29. The van der Waals surface area contributed by atoms with E-state index in [-0.39, 0.29) is 0 Å². The SMILES string of the molecule is CC(C)=C(C)c1ccc(NS(C)(=O)=O)cc1. The van der Waals surface area contributed by atoms with Crippen LogP contribution in [0.25, 0.3) is 5.57 Å². The maximum atomic E-state index is 11.0. The van der Waals surface area contributed by atoms with E-state index < -0.39 is 10.0 Å². The minimum atomic E-state index is -3.19. The molecule has 1 aromatic carbocycles. The Balaban J connectivity index is 2.97. The molecule has 0 aliphatic rings. The van der Waals surface area contributed by atoms with Crippen molar-refractivity contribution < 1.29 is 8.42 Å². The lowest BCUT2D eigenvalue weighted by Crippen LogP contribution is -2.09. The second-order valence-electron chi connectivity index (χ2n) is 4.08. The standard InChI is InChI=1S/C12H17NO2S/c1-9(2)10(3)11-5-7-12(8-6-11)13-16(4,14)15/h5-8,13H,1-4H3. The number of hydrogen-bond donors (Lipinski definition) is 1. The molecule has 0 saturated heterocycles. The van der Waals surface area contributed by atoms with E-state index in [1.54, 1.807) is 12.1 Å². The third kappa shape index (κ3) is 3.70. The molecule has 0 radical (unpaired) electrons. The second kappa shape index (κ2) is 4.70. The number of hydrogen-bond acceptors (Lipinski definition) is 2. The molecule has 0 aromatic heterocycles. The average Bonchev–Trinajstić information content (AvgIpc) is 2.15. The highest BCUT2D eigenvalue weighted by atomic mass is 32.2. The summed E-state index contributed by atoms with van der Waals surface area (Å²) in [5.74, 6) is 0. The van der Waals surface area contributed by atoms with E-state index in [0.29, 0.717) is 5.69 Å². The molecule has 0 saturated carbocycles. The summed E-state index contributed by atoms with van der Waals surface area (Å²) in [6.07, 6.45) is 1.14. The minimum absolute atomic E-state index is 0.591. The maximum Gasteiger partial charge on any atom is 0.229 e. The summed E-state index contributed by atoms with van der Waals surface area (Å²) in [5, 5.41) is 0. The zero-order valence-electron chi connectivity index (χ0n) is 10.0. The first-order valence-corrected chi connectivity index (χ1v) is 6.91. The molecular formula is C12H17NO2S. The van der Waals surface area contributed by atoms with Crippen LogP contribution in [-0.2, 0) is 10.0 Å². The normalized spacial score (nSPS) is 11.0. The van der Waals surface area contributed by atoms with Gasteiger partial charge in [0.05, 0.1) is 6.26 Å². The molecule has 0 atom stereocenters. The molecule has 0 unspecified atom stereocenters. The molecule has 1 rings (SSSR count). The van der Waals surface area contributed by atoms with Crippen LogP contribution in [-0.4, -0.2) is 14.7 Å². The van der Waals surface area contributed by atoms with Gasteiger partial charge in [-0.2, -0.15) is 0 Å². The minimum Gasteiger partial charge on any atom is -0.284 e. The molecule has 0 fully saturated rings. The first kappa shape index (κ1) is 12.8. The van der Waals surface area contributed by atoms with Crippen molar-refractivity contribution in [3.05, 3.63) is 35.4 Å². The summed E-state index contributed by atoms with van der Waals surface area (Å²) in [4.78, 5) is 0. The molecule has 4 heteroatoms. The van der Waals surface area contributed by atoms with Gasteiger partial charge in [0.15, 0.2) is 0 Å². The van der Waals surface area contributed by atoms with Gasteiger partial charge >= 0.3 is 0 Å². The molecule has 0 heterocycles. The van der Waals surface area contributed by atoms with Crippen molar-refractivity contribution in [2.75, 3.05) is 11.0 Å². The van der Waals surface area contributed by atoms with Gasteiger partial charge in [-0.25, -0.2) is 8.42 Å². The van der Waals surface area contributed by atoms with Crippen LogP contribution in [0.4, 0.5) is 5.69 Å². The second-order valence-corrected chi connectivity index (χ2v) is 5.83. The average molecular weight is 239 g/mol. The van der Waals surface area contributed by atoms with E-state index in [2.05, 4.69) is 18.6 Å². The monoisotopic (exact) mass is 239 g/mol. The number of rotatable bonds is 3. The van der Waals surface area contributed by atoms with Gasteiger partial charge in [-0.1, -0.05) is 17.7 Å². The van der Waals surface area contributed by atoms with E-state index in [1.807, 2.05) is 19.1 Å². The van der Waals surface area contributed by atoms with Crippen molar-refractivity contribution in [1.82, 2.24) is 0 Å². The van der Waals surface area contributed by atoms with Gasteiger partial charge in [0.1, 0.15) is 0 Å². The Morgan fingerprint density at radius 3 is 1.94 bits per heavy atom. The molecule has 0 aliphatic carbocycles. The highest BCUT2D eigenvalue weighted by Crippen LogP contribution is 2.20. The van der Waals surface area contributed by atoms with Crippen molar-refractivity contribution in [2.45, 2.75) is 20.8 Å². The van der Waals surface area contributed by atoms with Crippen molar-refractivity contribution in [1.29, 1.82) is 0 Å². The van der Waals surface area contributed by atoms with E-state index in [4.69, 9.17) is 0 Å². The van der Waals surface area contributed by atoms with Crippen LogP contribution in [0.5, 0.6) is 0 Å². The van der Waals surface area contributed by atoms with E-state index in [0.717, 1.165) is 11.8 Å². The van der Waals surface area contributed by atoms with E-state index in [9.17, 15) is 8.42 Å². The third-order valence-electron chi connectivity index (χ3n) is 2.37. The number of sulfonamides is 1. The van der Waals surface area contributed by atoms with Gasteiger partial charge in [0, 0.05) is 5.69 Å². The highest BCUT2D eigenvalue weighted by Gasteiger charge is 2.02. The smallest absolute Gasteiger partial charge is 0.229 e. The van der Waals surface area contributed by atoms with Crippen LogP contribution < -0.4 is 4.72 Å². The van der Waals surface area contributed by atoms with Crippen molar-refractivity contribution in [3.63, 3.8) is 0 Å². The summed E-state index contributed by atoms with van der Waals surface area (Å²) in [6, 6.07) is 7.36. The van der Waals surface area contributed by atoms with Gasteiger partial charge in [0.2, 0.25) is 10.0 Å². The molecular weight excluding hydrogens is 222 g/mol. The zero-order valence-corrected chi connectivity index (χ0v) is 10.9. The molecule has 1 aromatic rings. The van der Waals surface area contributed by atoms with Gasteiger partial charge < -0.3 is 0 Å². The van der Waals surface area contributed by atoms with Gasteiger partial charge in [-0.15, -0.1) is 0 Å². The molecule has 1 N–H and O–H groups in total. The van der Waals surface area contributed by atoms with Crippen LogP contribution in [0.3, 0.4) is 0 Å². The number of nitrogens with one attached hydrogen (secondary N) is 1. The molecule has 0 aliphatic heterocycles. The van der Waals surface area contributed by atoms with Crippen LogP contribution in [0.1, 0.15) is 26.3 Å². The predicted octanol–water partition coefficient (Wildman–Crippen LogP) is 2.87. The molecule has 88 valence electrons. The highest BCUT2D eigenvalue weighted by molar-refractivity contribution is 7.92. The summed E-state index contributed by atoms with van der Waals surface area (Å²) in [7, 11) is -3.19. The van der Waals surface area contributed by atoms with Crippen LogP contribution in [0.2, 0.25) is 0 Å². The summed E-state index contributed by atoms with van der Waals surface area (Å²) >= 11 is 0. The van der Waals surface area contributed by atoms with Crippen LogP contribution in [0, 0.1) is 0 Å². The van der Waals surface area contributed by atoms with Crippen molar-refractivity contribution >= 4 is 21.3 Å². The van der Waals surface area contributed by atoms with Crippen LogP contribution >= 0.6 is 0 Å². The Morgan fingerprint density at radius 2 is 1.56 bits per heavy atom. The Kier molecular flexibility index (Phi) is 3.75. The van der Waals surface area contributed by atoms with Gasteiger partial charge in [0.25, 0.3) is 0 Å². The maximum absolute atomic E-state index is 11.0. The van der Waals surface area contributed by atoms with E-state index in [1.165, 1.54) is 11.1 Å². The molecule has 0 amide bonds. The fraction of sp³-hybridized carbons (Fsp3) is 0.333. The summed E-state index contributed by atoms with van der Waals surface area (Å²) < 4.78 is 24.4. The first-order chi connectivity index (χ1) is 7.29. The number of benzene rings is 1. The quantitative estimate of drug-likeness (QED) is 0.881. The van der Waals surface area contributed by atoms with E-state index >= 15 is 0 Å². The lowest BCUT2D eigenvalue weighted by Gasteiger charge is -2.07. The Labute approximate surface area is 97.2 Å². The van der Waals surface area contributed by atoms with Gasteiger partial charge in [-0.3, -0.25) is 4.72 Å². The molecule has 0 spiro atoms. The zero-order chi connectivity index (χ0) is 12.3. The topological polar surface area (TPSA) is 46.2 Å². The Morgan fingerprint density at radius 1 is 1.06 bits per heavy atom. The first-order valence-electron chi connectivity index (χ1n) is 5.02. The lowest BCUT2D eigenvalue weighted by atomic mass is 10.0. The molecule has 0 bridgehead atoms. The Bertz CT molecular complexity index is 494. The number of allylic oxidation sites excluding steroid dienone is 2.